The summed E-state index contributed by atoms with van der Waals surface area (Å²) in [4.78, 5) is 38.2. The van der Waals surface area contributed by atoms with E-state index in [1.54, 1.807) is 0 Å². The van der Waals surface area contributed by atoms with Crippen LogP contribution in [-0.2, 0) is 28.6 Å². The SMILES string of the molecule is CC/C=C\C/C=C\C/C=C\C/C=C\C/C=C\C/C=C\C/C=C\CCCC(=O)OCC(COC(=O)CCCCCCCCCCCCCC)OC(=O)CCCCCCCCCCCCCCCCCCCCCC. The first-order chi connectivity index (χ1) is 36.0. The molecule has 6 heteroatoms. The molecule has 1 atom stereocenters. The molecule has 0 bridgehead atoms. The van der Waals surface area contributed by atoms with Gasteiger partial charge in [-0.3, -0.25) is 14.4 Å². The first-order valence-electron chi connectivity index (χ1n) is 31.1. The average molecular weight is 1020 g/mol. The maximum atomic E-state index is 12.9. The van der Waals surface area contributed by atoms with Gasteiger partial charge in [-0.1, -0.05) is 298 Å². The summed E-state index contributed by atoms with van der Waals surface area (Å²) in [7, 11) is 0. The summed E-state index contributed by atoms with van der Waals surface area (Å²) in [5.74, 6) is -0.940. The second-order valence-electron chi connectivity index (χ2n) is 20.6. The zero-order chi connectivity index (χ0) is 52.9. The standard InChI is InChI=1S/C67H116O6/c1-4-7-10-13-16-19-22-25-27-29-31-33-34-35-37-38-40-42-45-48-51-54-57-60-66(69)72-63-64(62-71-65(68)59-56-53-50-47-44-24-21-18-15-12-9-6-3)73-67(70)61-58-55-52-49-46-43-41-39-36-32-30-28-26-23-20-17-14-11-8-5-2/h7,10,16,19,25,27,31,33,35,37,40,42,48,51,64H,4-6,8-9,11-15,17-18,20-24,26,28-30,32,34,36,38-39,41,43-47,49-50,52-63H2,1-3H3/b10-7-,19-16-,27-25-,33-31-,37-35-,42-40-,51-48-. The number of ether oxygens (including phenoxy) is 3. The molecule has 1 unspecified atom stereocenters. The van der Waals surface area contributed by atoms with E-state index in [0.29, 0.717) is 19.3 Å². The zero-order valence-electron chi connectivity index (χ0n) is 48.1. The van der Waals surface area contributed by atoms with Crippen molar-refractivity contribution in [2.75, 3.05) is 13.2 Å². The maximum Gasteiger partial charge on any atom is 0.306 e. The summed E-state index contributed by atoms with van der Waals surface area (Å²) in [6.45, 7) is 6.51. The van der Waals surface area contributed by atoms with Crippen molar-refractivity contribution in [2.24, 2.45) is 0 Å². The average Bonchev–Trinajstić information content (AvgIpc) is 3.39. The predicted molar refractivity (Wildman–Crippen MR) is 316 cm³/mol. The van der Waals surface area contributed by atoms with Gasteiger partial charge in [0.2, 0.25) is 0 Å². The third-order valence-corrected chi connectivity index (χ3v) is 13.4. The van der Waals surface area contributed by atoms with E-state index < -0.39 is 6.10 Å². The number of hydrogen-bond acceptors (Lipinski definition) is 6. The van der Waals surface area contributed by atoms with E-state index in [1.807, 2.05) is 0 Å². The van der Waals surface area contributed by atoms with Gasteiger partial charge >= 0.3 is 17.9 Å². The molecule has 0 aromatic rings. The van der Waals surface area contributed by atoms with Crippen molar-refractivity contribution in [1.29, 1.82) is 0 Å². The van der Waals surface area contributed by atoms with E-state index >= 15 is 0 Å². The van der Waals surface area contributed by atoms with Gasteiger partial charge in [-0.2, -0.15) is 0 Å². The monoisotopic (exact) mass is 1020 g/mol. The first kappa shape index (κ1) is 69.6. The minimum Gasteiger partial charge on any atom is -0.462 e. The molecular weight excluding hydrogens is 901 g/mol. The highest BCUT2D eigenvalue weighted by atomic mass is 16.6. The smallest absolute Gasteiger partial charge is 0.306 e. The van der Waals surface area contributed by atoms with Crippen molar-refractivity contribution in [1.82, 2.24) is 0 Å². The Bertz CT molecular complexity index is 1400. The number of allylic oxidation sites excluding steroid dienone is 14. The highest BCUT2D eigenvalue weighted by Gasteiger charge is 2.19. The molecule has 0 aliphatic heterocycles. The fourth-order valence-electron chi connectivity index (χ4n) is 8.79. The number of carbonyl (C=O) groups is 3. The van der Waals surface area contributed by atoms with Crippen LogP contribution in [0.25, 0.3) is 0 Å². The summed E-state index contributed by atoms with van der Waals surface area (Å²) >= 11 is 0. The zero-order valence-corrected chi connectivity index (χ0v) is 48.1. The second kappa shape index (κ2) is 61.1. The molecule has 0 rings (SSSR count). The van der Waals surface area contributed by atoms with Gasteiger partial charge < -0.3 is 14.2 Å². The van der Waals surface area contributed by atoms with Gasteiger partial charge in [0.15, 0.2) is 6.10 Å². The molecule has 73 heavy (non-hydrogen) atoms. The molecule has 0 heterocycles. The molecular formula is C67H116O6. The molecule has 0 N–H and O–H groups in total. The summed E-state index contributed by atoms with van der Waals surface area (Å²) < 4.78 is 16.9. The van der Waals surface area contributed by atoms with Crippen LogP contribution in [0.3, 0.4) is 0 Å². The lowest BCUT2D eigenvalue weighted by Gasteiger charge is -2.18. The minimum absolute atomic E-state index is 0.0906. The number of esters is 3. The molecule has 0 amide bonds. The van der Waals surface area contributed by atoms with E-state index in [4.69, 9.17) is 14.2 Å². The van der Waals surface area contributed by atoms with Crippen molar-refractivity contribution in [3.63, 3.8) is 0 Å². The molecule has 0 saturated heterocycles. The van der Waals surface area contributed by atoms with Crippen molar-refractivity contribution >= 4 is 17.9 Å². The third-order valence-electron chi connectivity index (χ3n) is 13.4. The van der Waals surface area contributed by atoms with Crippen LogP contribution in [0.5, 0.6) is 0 Å². The molecule has 0 saturated carbocycles. The molecule has 0 aliphatic carbocycles. The number of carbonyl (C=O) groups excluding carboxylic acids is 3. The number of unbranched alkanes of at least 4 members (excludes halogenated alkanes) is 31. The Kier molecular flexibility index (Phi) is 58.3. The fourth-order valence-corrected chi connectivity index (χ4v) is 8.79. The van der Waals surface area contributed by atoms with E-state index in [2.05, 4.69) is 106 Å². The molecule has 0 aromatic carbocycles. The van der Waals surface area contributed by atoms with Crippen molar-refractivity contribution < 1.29 is 28.6 Å². The van der Waals surface area contributed by atoms with E-state index in [-0.39, 0.29) is 37.5 Å². The highest BCUT2D eigenvalue weighted by Crippen LogP contribution is 2.17. The Hall–Kier alpha value is -3.41. The normalized spacial score (nSPS) is 12.6. The lowest BCUT2D eigenvalue weighted by molar-refractivity contribution is -0.167. The summed E-state index contributed by atoms with van der Waals surface area (Å²) in [6.07, 6.45) is 80.2. The summed E-state index contributed by atoms with van der Waals surface area (Å²) in [6, 6.07) is 0. The minimum atomic E-state index is -0.797. The van der Waals surface area contributed by atoms with Crippen molar-refractivity contribution in [3.8, 4) is 0 Å². The molecule has 0 spiro atoms. The molecule has 0 aliphatic rings. The molecule has 0 radical (unpaired) electrons. The van der Waals surface area contributed by atoms with Crippen LogP contribution in [0.1, 0.15) is 303 Å². The van der Waals surface area contributed by atoms with E-state index in [1.165, 1.54) is 167 Å². The Morgan fingerprint density at radius 2 is 0.534 bits per heavy atom. The Morgan fingerprint density at radius 3 is 0.836 bits per heavy atom. The van der Waals surface area contributed by atoms with Crippen LogP contribution in [0.15, 0.2) is 85.1 Å². The van der Waals surface area contributed by atoms with Crippen LogP contribution < -0.4 is 0 Å². The third kappa shape index (κ3) is 59.3. The van der Waals surface area contributed by atoms with Crippen LogP contribution >= 0.6 is 0 Å². The van der Waals surface area contributed by atoms with Gasteiger partial charge in [0, 0.05) is 19.3 Å². The highest BCUT2D eigenvalue weighted by molar-refractivity contribution is 5.71. The first-order valence-corrected chi connectivity index (χ1v) is 31.1. The lowest BCUT2D eigenvalue weighted by atomic mass is 10.0. The van der Waals surface area contributed by atoms with Gasteiger partial charge in [0.05, 0.1) is 0 Å². The Morgan fingerprint density at radius 1 is 0.288 bits per heavy atom. The van der Waals surface area contributed by atoms with E-state index in [9.17, 15) is 14.4 Å². The second-order valence-corrected chi connectivity index (χ2v) is 20.6. The largest absolute Gasteiger partial charge is 0.462 e. The topological polar surface area (TPSA) is 78.9 Å². The van der Waals surface area contributed by atoms with Crippen LogP contribution in [0, 0.1) is 0 Å². The quantitative estimate of drug-likeness (QED) is 0.0261. The number of rotatable bonds is 56. The molecule has 6 nitrogen and oxygen atoms in total. The molecule has 0 fully saturated rings. The molecule has 420 valence electrons. The Balaban J connectivity index is 4.40. The van der Waals surface area contributed by atoms with Crippen LogP contribution in [0.4, 0.5) is 0 Å². The predicted octanol–water partition coefficient (Wildman–Crippen LogP) is 21.1. The van der Waals surface area contributed by atoms with E-state index in [0.717, 1.165) is 89.9 Å². The Labute approximate surface area is 452 Å². The van der Waals surface area contributed by atoms with Gasteiger partial charge in [-0.15, -0.1) is 0 Å². The summed E-state index contributed by atoms with van der Waals surface area (Å²) in [5, 5.41) is 0. The fraction of sp³-hybridized carbons (Fsp3) is 0.746. The summed E-state index contributed by atoms with van der Waals surface area (Å²) in [5.41, 5.74) is 0. The van der Waals surface area contributed by atoms with Gasteiger partial charge in [-0.25, -0.2) is 0 Å². The van der Waals surface area contributed by atoms with Crippen molar-refractivity contribution in [3.05, 3.63) is 85.1 Å². The van der Waals surface area contributed by atoms with Gasteiger partial charge in [0.1, 0.15) is 13.2 Å². The number of hydrogen-bond donors (Lipinski definition) is 0. The lowest BCUT2D eigenvalue weighted by Crippen LogP contribution is -2.30. The maximum absolute atomic E-state index is 12.9. The van der Waals surface area contributed by atoms with Crippen molar-refractivity contribution in [2.45, 2.75) is 309 Å². The molecule has 0 aromatic heterocycles. The van der Waals surface area contributed by atoms with Crippen LogP contribution in [-0.4, -0.2) is 37.2 Å². The van der Waals surface area contributed by atoms with Gasteiger partial charge in [0.25, 0.3) is 0 Å². The van der Waals surface area contributed by atoms with Gasteiger partial charge in [-0.05, 0) is 70.6 Å². The van der Waals surface area contributed by atoms with Crippen LogP contribution in [0.2, 0.25) is 0 Å².